The van der Waals surface area contributed by atoms with Gasteiger partial charge in [-0.15, -0.1) is 0 Å². The van der Waals surface area contributed by atoms with Crippen molar-refractivity contribution >= 4 is 5.91 Å². The van der Waals surface area contributed by atoms with Gasteiger partial charge in [0.1, 0.15) is 11.8 Å². The fraction of sp³-hybridized carbons (Fsp3) is 0.250. The first-order valence-electron chi connectivity index (χ1n) is 8.51. The van der Waals surface area contributed by atoms with Crippen molar-refractivity contribution in [2.75, 3.05) is 6.61 Å². The summed E-state index contributed by atoms with van der Waals surface area (Å²) in [5.41, 5.74) is 2.50. The summed E-state index contributed by atoms with van der Waals surface area (Å²) in [4.78, 5) is 16.9. The van der Waals surface area contributed by atoms with Crippen molar-refractivity contribution in [1.82, 2.24) is 15.5 Å². The molecule has 6 heteroatoms. The molecule has 0 radical (unpaired) electrons. The molecule has 0 unspecified atom stereocenters. The number of ether oxygens (including phenoxy) is 1. The third-order valence-electron chi connectivity index (χ3n) is 3.90. The van der Waals surface area contributed by atoms with Crippen LogP contribution >= 0.6 is 0 Å². The molecule has 0 aliphatic carbocycles. The molecule has 3 aromatic rings. The molecule has 26 heavy (non-hydrogen) atoms. The predicted molar refractivity (Wildman–Crippen MR) is 98.0 cm³/mol. The number of carbonyl (C=O) groups is 1. The molecule has 1 N–H and O–H groups in total. The van der Waals surface area contributed by atoms with E-state index in [1.165, 1.54) is 0 Å². The smallest absolute Gasteiger partial charge is 0.255 e. The van der Waals surface area contributed by atoms with E-state index in [9.17, 15) is 4.79 Å². The molecule has 134 valence electrons. The topological polar surface area (TPSA) is 77.2 Å². The minimum atomic E-state index is -0.427. The molecule has 1 atom stereocenters. The molecular weight excluding hydrogens is 330 g/mol. The molecule has 2 aromatic carbocycles. The first-order chi connectivity index (χ1) is 12.6. The Bertz CT molecular complexity index is 887. The number of nitrogens with zero attached hydrogens (tertiary/aromatic N) is 2. The molecular formula is C20H21N3O3. The zero-order valence-corrected chi connectivity index (χ0v) is 15.0. The summed E-state index contributed by atoms with van der Waals surface area (Å²) in [7, 11) is 0. The first-order valence-corrected chi connectivity index (χ1v) is 8.51. The van der Waals surface area contributed by atoms with Crippen LogP contribution in [0.5, 0.6) is 5.75 Å². The van der Waals surface area contributed by atoms with E-state index in [-0.39, 0.29) is 5.91 Å². The molecule has 0 saturated carbocycles. The van der Waals surface area contributed by atoms with Crippen LogP contribution in [0.4, 0.5) is 0 Å². The molecule has 1 aromatic heterocycles. The number of para-hydroxylation sites is 1. The average molecular weight is 351 g/mol. The third kappa shape index (κ3) is 3.91. The second-order valence-corrected chi connectivity index (χ2v) is 5.95. The van der Waals surface area contributed by atoms with Gasteiger partial charge in [0.25, 0.3) is 5.91 Å². The molecule has 0 bridgehead atoms. The van der Waals surface area contributed by atoms with Crippen molar-refractivity contribution in [1.29, 1.82) is 0 Å². The van der Waals surface area contributed by atoms with Crippen LogP contribution in [0.1, 0.15) is 41.7 Å². The van der Waals surface area contributed by atoms with E-state index < -0.39 is 6.04 Å². The Morgan fingerprint density at radius 1 is 1.19 bits per heavy atom. The Hall–Kier alpha value is -3.15. The normalized spacial score (nSPS) is 11.8. The van der Waals surface area contributed by atoms with Crippen LogP contribution in [-0.2, 0) is 0 Å². The summed E-state index contributed by atoms with van der Waals surface area (Å²) >= 11 is 0. The zero-order valence-electron chi connectivity index (χ0n) is 15.0. The summed E-state index contributed by atoms with van der Waals surface area (Å²) in [6.07, 6.45) is 0. The van der Waals surface area contributed by atoms with Crippen molar-refractivity contribution < 1.29 is 14.1 Å². The van der Waals surface area contributed by atoms with Crippen LogP contribution in [0.2, 0.25) is 0 Å². The number of benzene rings is 2. The van der Waals surface area contributed by atoms with Crippen LogP contribution in [-0.4, -0.2) is 22.7 Å². The van der Waals surface area contributed by atoms with Gasteiger partial charge in [0, 0.05) is 5.56 Å². The molecule has 0 spiro atoms. The second-order valence-electron chi connectivity index (χ2n) is 5.95. The van der Waals surface area contributed by atoms with E-state index in [1.807, 2.05) is 44.2 Å². The van der Waals surface area contributed by atoms with E-state index in [1.54, 1.807) is 25.1 Å². The van der Waals surface area contributed by atoms with Crippen LogP contribution in [0.15, 0.2) is 53.1 Å². The molecule has 1 heterocycles. The van der Waals surface area contributed by atoms with Gasteiger partial charge in [-0.3, -0.25) is 4.79 Å². The van der Waals surface area contributed by atoms with Crippen molar-refractivity contribution in [2.24, 2.45) is 0 Å². The molecule has 0 aliphatic heterocycles. The van der Waals surface area contributed by atoms with E-state index >= 15 is 0 Å². The number of nitrogens with one attached hydrogen (secondary N) is 1. The lowest BCUT2D eigenvalue weighted by atomic mass is 10.1. The van der Waals surface area contributed by atoms with Gasteiger partial charge in [0.2, 0.25) is 11.7 Å². The fourth-order valence-electron chi connectivity index (χ4n) is 2.50. The zero-order chi connectivity index (χ0) is 18.5. The van der Waals surface area contributed by atoms with E-state index in [4.69, 9.17) is 9.26 Å². The minimum absolute atomic E-state index is 0.253. The number of carbonyl (C=O) groups excluding carboxylic acids is 1. The predicted octanol–water partition coefficient (Wildman–Crippen LogP) is 3.93. The minimum Gasteiger partial charge on any atom is -0.493 e. The van der Waals surface area contributed by atoms with Crippen LogP contribution in [0.3, 0.4) is 0 Å². The second kappa shape index (κ2) is 7.82. The van der Waals surface area contributed by atoms with Gasteiger partial charge in [-0.1, -0.05) is 47.1 Å². The Kier molecular flexibility index (Phi) is 5.31. The summed E-state index contributed by atoms with van der Waals surface area (Å²) < 4.78 is 10.8. The van der Waals surface area contributed by atoms with Crippen molar-refractivity contribution in [3.05, 3.63) is 65.5 Å². The van der Waals surface area contributed by atoms with Gasteiger partial charge < -0.3 is 14.6 Å². The molecule has 3 rings (SSSR count). The SMILES string of the molecule is CCOc1ccccc1C(=O)N[C@@H](C)c1nc(-c2ccc(C)cc2)no1. The number of hydrogen-bond donors (Lipinski definition) is 1. The molecule has 0 aliphatic rings. The van der Waals surface area contributed by atoms with E-state index in [0.717, 1.165) is 11.1 Å². The summed E-state index contributed by atoms with van der Waals surface area (Å²) in [5, 5.41) is 6.87. The number of hydrogen-bond acceptors (Lipinski definition) is 5. The lowest BCUT2D eigenvalue weighted by molar-refractivity contribution is 0.0928. The number of aryl methyl sites for hydroxylation is 1. The Labute approximate surface area is 152 Å². The van der Waals surface area contributed by atoms with E-state index in [2.05, 4.69) is 15.5 Å². The summed E-state index contributed by atoms with van der Waals surface area (Å²) in [6.45, 7) is 6.18. The van der Waals surface area contributed by atoms with Gasteiger partial charge in [0.15, 0.2) is 0 Å². The van der Waals surface area contributed by atoms with Gasteiger partial charge in [-0.2, -0.15) is 4.98 Å². The van der Waals surface area contributed by atoms with Gasteiger partial charge >= 0.3 is 0 Å². The van der Waals surface area contributed by atoms with Crippen LogP contribution < -0.4 is 10.1 Å². The summed E-state index contributed by atoms with van der Waals surface area (Å²) in [5.74, 6) is 1.14. The largest absolute Gasteiger partial charge is 0.493 e. The Morgan fingerprint density at radius 2 is 1.92 bits per heavy atom. The molecule has 1 amide bonds. The Morgan fingerprint density at radius 3 is 2.65 bits per heavy atom. The maximum Gasteiger partial charge on any atom is 0.255 e. The van der Waals surface area contributed by atoms with Crippen molar-refractivity contribution in [3.63, 3.8) is 0 Å². The number of rotatable bonds is 6. The average Bonchev–Trinajstić information content (AvgIpc) is 3.13. The monoisotopic (exact) mass is 351 g/mol. The van der Waals surface area contributed by atoms with E-state index in [0.29, 0.717) is 29.6 Å². The van der Waals surface area contributed by atoms with Gasteiger partial charge in [0.05, 0.1) is 12.2 Å². The van der Waals surface area contributed by atoms with Gasteiger partial charge in [-0.25, -0.2) is 0 Å². The third-order valence-corrected chi connectivity index (χ3v) is 3.90. The fourth-order valence-corrected chi connectivity index (χ4v) is 2.50. The highest BCUT2D eigenvalue weighted by atomic mass is 16.5. The standard InChI is InChI=1S/C20H21N3O3/c1-4-25-17-8-6-5-7-16(17)19(24)21-14(3)20-22-18(23-26-20)15-11-9-13(2)10-12-15/h5-12,14H,4H2,1-3H3,(H,21,24)/t14-/m0/s1. The molecule has 6 nitrogen and oxygen atoms in total. The Balaban J connectivity index is 1.73. The first kappa shape index (κ1) is 17.7. The van der Waals surface area contributed by atoms with Crippen LogP contribution in [0.25, 0.3) is 11.4 Å². The summed E-state index contributed by atoms with van der Waals surface area (Å²) in [6, 6.07) is 14.5. The highest BCUT2D eigenvalue weighted by molar-refractivity contribution is 5.97. The number of aromatic nitrogens is 2. The van der Waals surface area contributed by atoms with Crippen molar-refractivity contribution in [3.8, 4) is 17.1 Å². The van der Waals surface area contributed by atoms with Gasteiger partial charge in [-0.05, 0) is 32.9 Å². The number of amides is 1. The molecule has 0 fully saturated rings. The van der Waals surface area contributed by atoms with Crippen LogP contribution in [0, 0.1) is 6.92 Å². The lowest BCUT2D eigenvalue weighted by Gasteiger charge is -2.12. The lowest BCUT2D eigenvalue weighted by Crippen LogP contribution is -2.27. The maximum absolute atomic E-state index is 12.6. The quantitative estimate of drug-likeness (QED) is 0.728. The highest BCUT2D eigenvalue weighted by Gasteiger charge is 2.20. The van der Waals surface area contributed by atoms with Crippen molar-refractivity contribution in [2.45, 2.75) is 26.8 Å². The highest BCUT2D eigenvalue weighted by Crippen LogP contribution is 2.21. The molecule has 0 saturated heterocycles. The maximum atomic E-state index is 12.6.